The Kier molecular flexibility index (Phi) is 6.39. The molecule has 2 rings (SSSR count). The van der Waals surface area contributed by atoms with Crippen LogP contribution in [0.15, 0.2) is 29.2 Å². The molecule has 1 N–H and O–H groups in total. The summed E-state index contributed by atoms with van der Waals surface area (Å²) in [5.74, 6) is 0.516. The van der Waals surface area contributed by atoms with Gasteiger partial charge in [-0.1, -0.05) is 26.0 Å². The number of hydrogen-bond donors (Lipinski definition) is 1. The lowest BCUT2D eigenvalue weighted by atomic mass is 10.1. The number of nitrogens with zero attached hydrogens (tertiary/aromatic N) is 3. The van der Waals surface area contributed by atoms with Crippen molar-refractivity contribution in [3.8, 4) is 6.07 Å². The number of nitrogens with one attached hydrogen (secondary N) is 1. The molecule has 0 bridgehead atoms. The molecule has 2 amide bonds. The third-order valence-electron chi connectivity index (χ3n) is 4.15. The van der Waals surface area contributed by atoms with Gasteiger partial charge in [0.25, 0.3) is 0 Å². The first-order chi connectivity index (χ1) is 11.9. The van der Waals surface area contributed by atoms with Crippen molar-refractivity contribution >= 4 is 16.1 Å². The number of sulfonamides is 1. The van der Waals surface area contributed by atoms with Crippen molar-refractivity contribution in [1.82, 2.24) is 14.5 Å². The summed E-state index contributed by atoms with van der Waals surface area (Å²) in [4.78, 5) is 13.8. The van der Waals surface area contributed by atoms with Crippen LogP contribution in [0, 0.1) is 17.2 Å². The topological polar surface area (TPSA) is 93.5 Å². The molecule has 0 saturated carbocycles. The van der Waals surface area contributed by atoms with Crippen LogP contribution in [0.3, 0.4) is 0 Å². The average Bonchev–Trinajstić information content (AvgIpc) is 2.61. The molecule has 1 heterocycles. The van der Waals surface area contributed by atoms with Crippen molar-refractivity contribution in [3.05, 3.63) is 29.8 Å². The number of hydrogen-bond acceptors (Lipinski definition) is 4. The molecular formula is C17H24N4O3S. The number of amides is 2. The Morgan fingerprint density at radius 1 is 1.24 bits per heavy atom. The van der Waals surface area contributed by atoms with Crippen molar-refractivity contribution in [2.24, 2.45) is 5.92 Å². The first-order valence-corrected chi connectivity index (χ1v) is 9.82. The van der Waals surface area contributed by atoms with Gasteiger partial charge in [0.05, 0.1) is 10.5 Å². The lowest BCUT2D eigenvalue weighted by molar-refractivity contribution is 0.172. The molecule has 1 aromatic carbocycles. The molecule has 0 aromatic heterocycles. The van der Waals surface area contributed by atoms with Gasteiger partial charge in [-0.15, -0.1) is 0 Å². The van der Waals surface area contributed by atoms with Crippen LogP contribution in [-0.2, 0) is 10.0 Å². The second kappa shape index (κ2) is 8.32. The van der Waals surface area contributed by atoms with E-state index in [0.29, 0.717) is 25.6 Å². The Hall–Kier alpha value is -2.11. The van der Waals surface area contributed by atoms with Crippen molar-refractivity contribution in [2.45, 2.75) is 25.2 Å². The highest BCUT2D eigenvalue weighted by atomic mass is 32.2. The van der Waals surface area contributed by atoms with E-state index in [1.54, 1.807) is 17.0 Å². The van der Waals surface area contributed by atoms with Gasteiger partial charge in [-0.05, 0) is 24.5 Å². The van der Waals surface area contributed by atoms with Crippen LogP contribution in [0.4, 0.5) is 4.79 Å². The van der Waals surface area contributed by atoms with E-state index >= 15 is 0 Å². The highest BCUT2D eigenvalue weighted by Gasteiger charge is 2.31. The minimum absolute atomic E-state index is 0.0207. The van der Waals surface area contributed by atoms with Gasteiger partial charge in [0, 0.05) is 32.7 Å². The summed E-state index contributed by atoms with van der Waals surface area (Å²) in [6.07, 6.45) is 0.908. The SMILES string of the molecule is CC(C)CCNC(=O)N1CCN(S(=O)(=O)c2ccccc2C#N)CC1. The molecule has 0 radical (unpaired) electrons. The van der Waals surface area contributed by atoms with Gasteiger partial charge in [0.1, 0.15) is 6.07 Å². The molecule has 1 aliphatic heterocycles. The van der Waals surface area contributed by atoms with Gasteiger partial charge < -0.3 is 10.2 Å². The molecule has 7 nitrogen and oxygen atoms in total. The van der Waals surface area contributed by atoms with Gasteiger partial charge in [-0.25, -0.2) is 13.2 Å². The standard InChI is InChI=1S/C17H24N4O3S/c1-14(2)7-8-19-17(22)20-9-11-21(12-10-20)25(23,24)16-6-4-3-5-15(16)13-18/h3-6,14H,7-12H2,1-2H3,(H,19,22). The zero-order valence-electron chi connectivity index (χ0n) is 14.6. The molecule has 1 aromatic rings. The van der Waals surface area contributed by atoms with Crippen LogP contribution in [0.5, 0.6) is 0 Å². The molecule has 1 fully saturated rings. The zero-order chi connectivity index (χ0) is 18.4. The molecule has 1 aliphatic rings. The summed E-state index contributed by atoms with van der Waals surface area (Å²) >= 11 is 0. The monoisotopic (exact) mass is 364 g/mol. The van der Waals surface area contributed by atoms with Crippen LogP contribution < -0.4 is 5.32 Å². The van der Waals surface area contributed by atoms with Gasteiger partial charge in [-0.3, -0.25) is 0 Å². The Bertz CT molecular complexity index is 747. The van der Waals surface area contributed by atoms with E-state index in [1.165, 1.54) is 16.4 Å². The van der Waals surface area contributed by atoms with E-state index in [-0.39, 0.29) is 29.6 Å². The van der Waals surface area contributed by atoms with E-state index in [0.717, 1.165) is 6.42 Å². The maximum absolute atomic E-state index is 12.7. The Balaban J connectivity index is 1.97. The second-order valence-electron chi connectivity index (χ2n) is 6.41. The van der Waals surface area contributed by atoms with Crippen LogP contribution >= 0.6 is 0 Å². The minimum Gasteiger partial charge on any atom is -0.338 e. The summed E-state index contributed by atoms with van der Waals surface area (Å²) in [6.45, 7) is 5.91. The molecule has 8 heteroatoms. The normalized spacial score (nSPS) is 15.8. The van der Waals surface area contributed by atoms with E-state index < -0.39 is 10.0 Å². The van der Waals surface area contributed by atoms with E-state index in [2.05, 4.69) is 19.2 Å². The highest BCUT2D eigenvalue weighted by Crippen LogP contribution is 2.21. The van der Waals surface area contributed by atoms with Crippen molar-refractivity contribution in [2.75, 3.05) is 32.7 Å². The van der Waals surface area contributed by atoms with E-state index in [1.807, 2.05) is 6.07 Å². The van der Waals surface area contributed by atoms with E-state index in [9.17, 15) is 13.2 Å². The largest absolute Gasteiger partial charge is 0.338 e. The maximum Gasteiger partial charge on any atom is 0.317 e. The molecule has 0 unspecified atom stereocenters. The fourth-order valence-corrected chi connectivity index (χ4v) is 4.20. The summed E-state index contributed by atoms with van der Waals surface area (Å²) in [6, 6.07) is 7.94. The number of rotatable bonds is 5. The number of benzene rings is 1. The zero-order valence-corrected chi connectivity index (χ0v) is 15.4. The van der Waals surface area contributed by atoms with Gasteiger partial charge in [0.15, 0.2) is 0 Å². The lowest BCUT2D eigenvalue weighted by Crippen LogP contribution is -2.53. The predicted molar refractivity (Wildman–Crippen MR) is 94.3 cm³/mol. The number of piperazine rings is 1. The first-order valence-electron chi connectivity index (χ1n) is 8.38. The van der Waals surface area contributed by atoms with Crippen molar-refractivity contribution in [1.29, 1.82) is 5.26 Å². The highest BCUT2D eigenvalue weighted by molar-refractivity contribution is 7.89. The van der Waals surface area contributed by atoms with Gasteiger partial charge >= 0.3 is 6.03 Å². The van der Waals surface area contributed by atoms with Crippen LogP contribution in [-0.4, -0.2) is 56.4 Å². The maximum atomic E-state index is 12.7. The number of urea groups is 1. The van der Waals surface area contributed by atoms with Crippen LogP contribution in [0.1, 0.15) is 25.8 Å². The molecule has 0 spiro atoms. The Labute approximate surface area is 149 Å². The molecule has 1 saturated heterocycles. The van der Waals surface area contributed by atoms with Gasteiger partial charge in [0.2, 0.25) is 10.0 Å². The Morgan fingerprint density at radius 2 is 1.88 bits per heavy atom. The van der Waals surface area contributed by atoms with E-state index in [4.69, 9.17) is 5.26 Å². The van der Waals surface area contributed by atoms with Gasteiger partial charge in [-0.2, -0.15) is 9.57 Å². The predicted octanol–water partition coefficient (Wildman–Crippen LogP) is 1.62. The van der Waals surface area contributed by atoms with Crippen molar-refractivity contribution < 1.29 is 13.2 Å². The summed E-state index contributed by atoms with van der Waals surface area (Å²) in [5.41, 5.74) is 0.136. The number of nitriles is 1. The smallest absolute Gasteiger partial charge is 0.317 e. The molecule has 25 heavy (non-hydrogen) atoms. The average molecular weight is 364 g/mol. The fraction of sp³-hybridized carbons (Fsp3) is 0.529. The fourth-order valence-electron chi connectivity index (χ4n) is 2.63. The van der Waals surface area contributed by atoms with Crippen LogP contribution in [0.25, 0.3) is 0 Å². The minimum atomic E-state index is -3.73. The van der Waals surface area contributed by atoms with Crippen molar-refractivity contribution in [3.63, 3.8) is 0 Å². The Morgan fingerprint density at radius 3 is 2.48 bits per heavy atom. The quantitative estimate of drug-likeness (QED) is 0.859. The molecular weight excluding hydrogens is 340 g/mol. The molecule has 0 aliphatic carbocycles. The lowest BCUT2D eigenvalue weighted by Gasteiger charge is -2.34. The third-order valence-corrected chi connectivity index (χ3v) is 6.11. The summed E-state index contributed by atoms with van der Waals surface area (Å²) in [5, 5.41) is 12.0. The first kappa shape index (κ1) is 19.2. The molecule has 0 atom stereocenters. The number of carbonyl (C=O) groups is 1. The third kappa shape index (κ3) is 4.71. The summed E-state index contributed by atoms with van der Waals surface area (Å²) < 4.78 is 26.8. The number of carbonyl (C=O) groups excluding carboxylic acids is 1. The molecule has 136 valence electrons. The van der Waals surface area contributed by atoms with Crippen LogP contribution in [0.2, 0.25) is 0 Å². The second-order valence-corrected chi connectivity index (χ2v) is 8.32. The summed E-state index contributed by atoms with van der Waals surface area (Å²) in [7, 11) is -3.73.